The molecule has 1 atom stereocenters. The Kier molecular flexibility index (Phi) is 3.05. The van der Waals surface area contributed by atoms with Crippen LogP contribution in [0.15, 0.2) is 24.3 Å². The molecule has 0 N–H and O–H groups in total. The Bertz CT molecular complexity index is 353. The molecule has 78 valence electrons. The number of benzene rings is 1. The van der Waals surface area contributed by atoms with Crippen LogP contribution in [0.25, 0.3) is 0 Å². The molecule has 0 radical (unpaired) electrons. The number of ether oxygens (including phenoxy) is 2. The van der Waals surface area contributed by atoms with Crippen LogP contribution in [0.2, 0.25) is 0 Å². The summed E-state index contributed by atoms with van der Waals surface area (Å²) in [5, 5.41) is 0. The van der Waals surface area contributed by atoms with Crippen molar-refractivity contribution in [2.75, 3.05) is 7.11 Å². The van der Waals surface area contributed by atoms with E-state index in [9.17, 15) is 0 Å². The predicted molar refractivity (Wildman–Crippen MR) is 58.4 cm³/mol. The van der Waals surface area contributed by atoms with Gasteiger partial charge in [-0.05, 0) is 29.9 Å². The molecule has 1 aromatic carbocycles. The molecular weight excluding hydrogens is 188 g/mol. The highest BCUT2D eigenvalue weighted by Gasteiger charge is 2.23. The molecular formula is C13H14O2. The Morgan fingerprint density at radius 3 is 2.40 bits per heavy atom. The lowest BCUT2D eigenvalue weighted by atomic mass is 10.1. The maximum absolute atomic E-state index is 5.63. The van der Waals surface area contributed by atoms with Crippen molar-refractivity contribution in [2.24, 2.45) is 0 Å². The van der Waals surface area contributed by atoms with E-state index in [4.69, 9.17) is 15.9 Å². The van der Waals surface area contributed by atoms with E-state index >= 15 is 0 Å². The first-order valence-electron chi connectivity index (χ1n) is 5.04. The standard InChI is InChI=1S/C13H14O2/c1-3-13(14-2)15-12-8-10-6-4-5-7-11(10)9-12/h1,4-7,12-13H,8-9H2,2H3. The number of hydrogen-bond donors (Lipinski definition) is 0. The molecule has 2 nitrogen and oxygen atoms in total. The minimum Gasteiger partial charge on any atom is -0.345 e. The fourth-order valence-corrected chi connectivity index (χ4v) is 1.95. The maximum Gasteiger partial charge on any atom is 0.222 e. The van der Waals surface area contributed by atoms with E-state index in [1.807, 2.05) is 0 Å². The van der Waals surface area contributed by atoms with E-state index in [2.05, 4.69) is 30.2 Å². The van der Waals surface area contributed by atoms with Crippen molar-refractivity contribution >= 4 is 0 Å². The molecule has 0 saturated carbocycles. The van der Waals surface area contributed by atoms with E-state index in [1.54, 1.807) is 7.11 Å². The molecule has 2 rings (SSSR count). The largest absolute Gasteiger partial charge is 0.345 e. The Morgan fingerprint density at radius 1 is 1.33 bits per heavy atom. The van der Waals surface area contributed by atoms with Gasteiger partial charge in [-0.15, -0.1) is 6.42 Å². The predicted octanol–water partition coefficient (Wildman–Crippen LogP) is 1.78. The summed E-state index contributed by atoms with van der Waals surface area (Å²) in [6, 6.07) is 8.37. The minimum absolute atomic E-state index is 0.156. The summed E-state index contributed by atoms with van der Waals surface area (Å²) in [4.78, 5) is 0. The zero-order chi connectivity index (χ0) is 10.7. The number of fused-ring (bicyclic) bond motifs is 1. The van der Waals surface area contributed by atoms with Gasteiger partial charge in [-0.3, -0.25) is 0 Å². The van der Waals surface area contributed by atoms with Crippen molar-refractivity contribution in [3.05, 3.63) is 35.4 Å². The topological polar surface area (TPSA) is 18.5 Å². The van der Waals surface area contributed by atoms with E-state index in [0.29, 0.717) is 0 Å². The first-order valence-corrected chi connectivity index (χ1v) is 5.04. The molecule has 0 fully saturated rings. The third-order valence-electron chi connectivity index (χ3n) is 2.68. The van der Waals surface area contributed by atoms with Crippen molar-refractivity contribution in [1.82, 2.24) is 0 Å². The van der Waals surface area contributed by atoms with Crippen molar-refractivity contribution in [2.45, 2.75) is 25.2 Å². The molecule has 0 bridgehead atoms. The van der Waals surface area contributed by atoms with Gasteiger partial charge in [0.25, 0.3) is 0 Å². The smallest absolute Gasteiger partial charge is 0.222 e. The Hall–Kier alpha value is -1.30. The normalized spacial score (nSPS) is 17.1. The molecule has 0 heterocycles. The third kappa shape index (κ3) is 2.20. The SMILES string of the molecule is C#CC(OC)OC1Cc2ccccc2C1. The van der Waals surface area contributed by atoms with Gasteiger partial charge in [0.15, 0.2) is 0 Å². The van der Waals surface area contributed by atoms with Crippen LogP contribution < -0.4 is 0 Å². The van der Waals surface area contributed by atoms with E-state index < -0.39 is 6.29 Å². The first kappa shape index (κ1) is 10.2. The quantitative estimate of drug-likeness (QED) is 0.549. The van der Waals surface area contributed by atoms with Gasteiger partial charge in [0, 0.05) is 7.11 Å². The summed E-state index contributed by atoms with van der Waals surface area (Å²) >= 11 is 0. The van der Waals surface area contributed by atoms with Gasteiger partial charge >= 0.3 is 0 Å². The number of terminal acetylenes is 1. The van der Waals surface area contributed by atoms with Gasteiger partial charge < -0.3 is 9.47 Å². The maximum atomic E-state index is 5.63. The molecule has 0 spiro atoms. The van der Waals surface area contributed by atoms with Crippen molar-refractivity contribution in [1.29, 1.82) is 0 Å². The highest BCUT2D eigenvalue weighted by Crippen LogP contribution is 2.24. The highest BCUT2D eigenvalue weighted by atomic mass is 16.7. The molecule has 15 heavy (non-hydrogen) atoms. The van der Waals surface area contributed by atoms with Gasteiger partial charge in [-0.1, -0.05) is 24.3 Å². The van der Waals surface area contributed by atoms with Crippen molar-refractivity contribution in [3.63, 3.8) is 0 Å². The van der Waals surface area contributed by atoms with Gasteiger partial charge in [0.05, 0.1) is 6.10 Å². The van der Waals surface area contributed by atoms with Crippen LogP contribution in [0.4, 0.5) is 0 Å². The van der Waals surface area contributed by atoms with E-state index in [-0.39, 0.29) is 6.10 Å². The van der Waals surface area contributed by atoms with Crippen LogP contribution in [0.5, 0.6) is 0 Å². The molecule has 1 aliphatic rings. The van der Waals surface area contributed by atoms with Crippen LogP contribution in [-0.2, 0) is 22.3 Å². The molecule has 2 heteroatoms. The second kappa shape index (κ2) is 4.48. The lowest BCUT2D eigenvalue weighted by Gasteiger charge is -2.15. The summed E-state index contributed by atoms with van der Waals surface area (Å²) in [6.07, 6.45) is 6.76. The Labute approximate surface area is 90.2 Å². The molecule has 1 aliphatic carbocycles. The van der Waals surface area contributed by atoms with E-state index in [0.717, 1.165) is 12.8 Å². The van der Waals surface area contributed by atoms with Crippen LogP contribution >= 0.6 is 0 Å². The molecule has 0 aromatic heterocycles. The monoisotopic (exact) mass is 202 g/mol. The molecule has 0 amide bonds. The summed E-state index contributed by atoms with van der Waals surface area (Å²) in [6.45, 7) is 0. The highest BCUT2D eigenvalue weighted by molar-refractivity contribution is 5.32. The van der Waals surface area contributed by atoms with Crippen LogP contribution in [0.1, 0.15) is 11.1 Å². The second-order valence-electron chi connectivity index (χ2n) is 3.67. The first-order chi connectivity index (χ1) is 7.33. The Balaban J connectivity index is 1.99. The lowest BCUT2D eigenvalue weighted by Crippen LogP contribution is -2.22. The fourth-order valence-electron chi connectivity index (χ4n) is 1.95. The number of methoxy groups -OCH3 is 1. The zero-order valence-electron chi connectivity index (χ0n) is 8.77. The van der Waals surface area contributed by atoms with Crippen molar-refractivity contribution < 1.29 is 9.47 Å². The summed E-state index contributed by atoms with van der Waals surface area (Å²) < 4.78 is 10.6. The molecule has 0 aliphatic heterocycles. The van der Waals surface area contributed by atoms with Gasteiger partial charge in [-0.2, -0.15) is 0 Å². The fraction of sp³-hybridized carbons (Fsp3) is 0.385. The minimum atomic E-state index is -0.524. The molecule has 1 aromatic rings. The second-order valence-corrected chi connectivity index (χ2v) is 3.67. The number of rotatable bonds is 3. The summed E-state index contributed by atoms with van der Waals surface area (Å²) in [5.41, 5.74) is 2.71. The van der Waals surface area contributed by atoms with E-state index in [1.165, 1.54) is 11.1 Å². The summed E-state index contributed by atoms with van der Waals surface area (Å²) in [5.74, 6) is 2.46. The number of hydrogen-bond acceptors (Lipinski definition) is 2. The summed E-state index contributed by atoms with van der Waals surface area (Å²) in [7, 11) is 1.56. The molecule has 1 unspecified atom stereocenters. The van der Waals surface area contributed by atoms with Gasteiger partial charge in [-0.25, -0.2) is 0 Å². The van der Waals surface area contributed by atoms with Crippen LogP contribution in [0.3, 0.4) is 0 Å². The van der Waals surface area contributed by atoms with Gasteiger partial charge in [0.1, 0.15) is 0 Å². The molecule has 0 saturated heterocycles. The zero-order valence-corrected chi connectivity index (χ0v) is 8.77. The average Bonchev–Trinajstić information content (AvgIpc) is 2.68. The van der Waals surface area contributed by atoms with Crippen molar-refractivity contribution in [3.8, 4) is 12.3 Å². The third-order valence-corrected chi connectivity index (χ3v) is 2.68. The average molecular weight is 202 g/mol. The van der Waals surface area contributed by atoms with Crippen LogP contribution in [0, 0.1) is 12.3 Å². The van der Waals surface area contributed by atoms with Gasteiger partial charge in [0.2, 0.25) is 6.29 Å². The lowest BCUT2D eigenvalue weighted by molar-refractivity contribution is -0.116. The Morgan fingerprint density at radius 2 is 1.93 bits per heavy atom. The van der Waals surface area contributed by atoms with Crippen LogP contribution in [-0.4, -0.2) is 19.5 Å².